The molecule has 1 aliphatic rings. The second-order valence-corrected chi connectivity index (χ2v) is 26.2. The van der Waals surface area contributed by atoms with Gasteiger partial charge in [0, 0.05) is 42.8 Å². The number of fused-ring (bicyclic) bond motifs is 3. The smallest absolute Gasteiger partial charge is 0.305 e. The van der Waals surface area contributed by atoms with Gasteiger partial charge in [0.25, 0.3) is 0 Å². The Hall–Kier alpha value is -10.6. The third-order valence-corrected chi connectivity index (χ3v) is 17.3. The minimum Gasteiger partial charge on any atom is -0.508 e. The van der Waals surface area contributed by atoms with E-state index in [1.807, 2.05) is 0 Å². The fourth-order valence-electron chi connectivity index (χ4n) is 11.1. The van der Waals surface area contributed by atoms with Crippen molar-refractivity contribution in [2.24, 2.45) is 29.0 Å². The molecule has 0 saturated heterocycles. The molecule has 2 aromatic heterocycles. The standard InChI is InChI=1S/C67H92N18O15S/c1-6-37(4)57-67(100)81-50(27-38-14-8-7-9-15-38)63(96)78-51(29-40-33-71-44-17-11-10-16-43(40)44)64(97)77-49(28-39-19-21-42(86)22-20-39)62(95)76-47(58(70)91)30-41-35-85(84-83-41)72-34-55(88)73-48(26-36(2)3)61(94)80-53(32-56(89)90)66(99)79-52(31-54(69)87)65(98)74-45(18-12-13-24-68)59(92)75-46(23-25-101-5)60(93)82-57/h7-11,14-17,19-22,33,35-37,45-53,57,71-72,86H,6,12-13,18,23-32,34,68H2,1-5H3,(H2,69,87)(H2,70,91)(H,73,88)(H,74,98)(H,75,92)(H,76,95)(H,77,97)(H,78,96)(H,79,99)(H,80,94)(H,81,100)(H,82,93)(H,89,90)/t37-,45-,46-,47-,48-,49-,50-,51-,52-,53-,57-/m0/s1. The Balaban J connectivity index is 1.44. The van der Waals surface area contributed by atoms with Crippen LogP contribution in [0.3, 0.4) is 0 Å². The number of aromatic amines is 1. The van der Waals surface area contributed by atoms with Crippen LogP contribution in [0.15, 0.2) is 91.3 Å². The number of hydrogen-bond acceptors (Lipinski definition) is 19. The molecule has 20 N–H and O–H groups in total. The van der Waals surface area contributed by atoms with Crippen LogP contribution in [0.5, 0.6) is 5.75 Å². The summed E-state index contributed by atoms with van der Waals surface area (Å²) in [4.78, 5) is 188. The zero-order valence-corrected chi connectivity index (χ0v) is 57.7. The predicted octanol–water partition coefficient (Wildman–Crippen LogP) is -2.05. The van der Waals surface area contributed by atoms with Gasteiger partial charge in [-0.3, -0.25) is 67.8 Å². The summed E-state index contributed by atoms with van der Waals surface area (Å²) in [6, 6.07) is 5.91. The fourth-order valence-corrected chi connectivity index (χ4v) is 11.5. The number of aliphatic carboxylic acids is 1. The number of amides is 12. The third-order valence-electron chi connectivity index (χ3n) is 16.7. The van der Waals surface area contributed by atoms with Crippen LogP contribution < -0.4 is 75.8 Å². The predicted molar refractivity (Wildman–Crippen MR) is 371 cm³/mol. The number of nitrogens with two attached hydrogens (primary N) is 3. The Bertz CT molecular complexity index is 3700. The second kappa shape index (κ2) is 39.2. The highest BCUT2D eigenvalue weighted by atomic mass is 32.2. The first-order chi connectivity index (χ1) is 48.1. The Labute approximate surface area is 587 Å². The van der Waals surface area contributed by atoms with E-state index in [0.717, 1.165) is 4.79 Å². The number of aromatic nitrogens is 4. The van der Waals surface area contributed by atoms with Crippen molar-refractivity contribution >= 4 is 99.5 Å². The van der Waals surface area contributed by atoms with Crippen molar-refractivity contribution in [1.82, 2.24) is 73.3 Å². The van der Waals surface area contributed by atoms with E-state index in [-0.39, 0.29) is 74.6 Å². The molecule has 3 heterocycles. The molecular weight excluding hydrogens is 1330 g/mol. The molecule has 0 fully saturated rings. The molecule has 34 heteroatoms. The number of benzene rings is 3. The summed E-state index contributed by atoms with van der Waals surface area (Å²) < 4.78 is 0. The van der Waals surface area contributed by atoms with E-state index in [1.165, 1.54) is 42.2 Å². The van der Waals surface area contributed by atoms with Gasteiger partial charge in [-0.1, -0.05) is 94.8 Å². The van der Waals surface area contributed by atoms with Gasteiger partial charge in [0.1, 0.15) is 72.7 Å². The lowest BCUT2D eigenvalue weighted by Gasteiger charge is -2.30. The molecule has 1 aliphatic heterocycles. The zero-order valence-electron chi connectivity index (χ0n) is 56.9. The molecule has 3 aromatic carbocycles. The summed E-state index contributed by atoms with van der Waals surface area (Å²) >= 11 is 1.32. The largest absolute Gasteiger partial charge is 0.508 e. The molecule has 0 saturated carbocycles. The number of nitrogens with zero attached hydrogens (tertiary/aromatic N) is 3. The number of aromatic hydroxyl groups is 1. The molecule has 0 aliphatic carbocycles. The number of hydrogen-bond donors (Lipinski definition) is 17. The number of carboxylic acid groups (broad SMARTS) is 1. The molecule has 33 nitrogen and oxygen atoms in total. The first-order valence-corrected chi connectivity index (χ1v) is 34.6. The molecule has 0 spiro atoms. The highest BCUT2D eigenvalue weighted by Crippen LogP contribution is 2.21. The van der Waals surface area contributed by atoms with Gasteiger partial charge in [-0.2, -0.15) is 16.6 Å². The van der Waals surface area contributed by atoms with E-state index in [2.05, 4.69) is 73.9 Å². The number of unbranched alkanes of at least 4 members (excludes halogenated alkanes) is 1. The quantitative estimate of drug-likeness (QED) is 0.0332. The van der Waals surface area contributed by atoms with Crippen molar-refractivity contribution in [3.8, 4) is 5.75 Å². The summed E-state index contributed by atoms with van der Waals surface area (Å²) in [5, 5.41) is 54.9. The monoisotopic (exact) mass is 1420 g/mol. The summed E-state index contributed by atoms with van der Waals surface area (Å²) in [7, 11) is 0. The summed E-state index contributed by atoms with van der Waals surface area (Å²) in [6.07, 6.45) is 2.35. The number of primary amides is 2. The summed E-state index contributed by atoms with van der Waals surface area (Å²) in [6.45, 7) is 6.43. The maximum Gasteiger partial charge on any atom is 0.305 e. The highest BCUT2D eigenvalue weighted by molar-refractivity contribution is 7.98. The molecule has 2 bridgehead atoms. The molecule has 12 amide bonds. The molecule has 5 aromatic rings. The number of phenols is 1. The van der Waals surface area contributed by atoms with Crippen LogP contribution in [0.25, 0.3) is 10.9 Å². The van der Waals surface area contributed by atoms with Crippen LogP contribution in [0, 0.1) is 11.8 Å². The van der Waals surface area contributed by atoms with Gasteiger partial charge in [-0.15, -0.1) is 5.10 Å². The Morgan fingerprint density at radius 3 is 1.72 bits per heavy atom. The first-order valence-electron chi connectivity index (χ1n) is 33.2. The maximum absolute atomic E-state index is 15.2. The van der Waals surface area contributed by atoms with Crippen molar-refractivity contribution in [1.29, 1.82) is 0 Å². The number of carbonyl (C=O) groups excluding carboxylic acids is 12. The average Bonchev–Trinajstić information content (AvgIpc) is 1.67. The number of phenolic OH excluding ortho intramolecular Hbond substituents is 1. The summed E-state index contributed by atoms with van der Waals surface area (Å²) in [5.74, 6) is -14.1. The number of para-hydroxylation sites is 1. The normalized spacial score (nSPS) is 22.8. The average molecular weight is 1420 g/mol. The Morgan fingerprint density at radius 1 is 0.604 bits per heavy atom. The molecule has 6 rings (SSSR count). The van der Waals surface area contributed by atoms with E-state index in [4.69, 9.17) is 17.2 Å². The number of H-pyrrole nitrogens is 1. The minimum atomic E-state index is -1.95. The lowest BCUT2D eigenvalue weighted by atomic mass is 9.96. The van der Waals surface area contributed by atoms with Gasteiger partial charge in [-0.05, 0) is 103 Å². The van der Waals surface area contributed by atoms with E-state index in [1.54, 1.807) is 94.7 Å². The molecule has 0 radical (unpaired) electrons. The number of carboxylic acids is 1. The van der Waals surface area contributed by atoms with Gasteiger partial charge in [0.2, 0.25) is 70.9 Å². The van der Waals surface area contributed by atoms with Crippen LogP contribution in [0.2, 0.25) is 0 Å². The Morgan fingerprint density at radius 2 is 1.13 bits per heavy atom. The van der Waals surface area contributed by atoms with Crippen molar-refractivity contribution in [2.45, 2.75) is 165 Å². The minimum absolute atomic E-state index is 0.0297. The van der Waals surface area contributed by atoms with Crippen LogP contribution in [0.4, 0.5) is 0 Å². The third kappa shape index (κ3) is 25.2. The van der Waals surface area contributed by atoms with Gasteiger partial charge in [-0.25, -0.2) is 0 Å². The molecular formula is C67H92N18O15S. The van der Waals surface area contributed by atoms with Crippen molar-refractivity contribution in [3.05, 3.63) is 114 Å². The first kappa shape index (κ1) is 79.3. The number of nitrogens with one attached hydrogen (secondary N) is 12. The fraction of sp³-hybridized carbons (Fsp3) is 0.478. The van der Waals surface area contributed by atoms with Crippen LogP contribution >= 0.6 is 11.8 Å². The molecule has 11 atom stereocenters. The Kier molecular flexibility index (Phi) is 30.8. The number of rotatable bonds is 22. The zero-order chi connectivity index (χ0) is 73.9. The topological polar surface area (TPSA) is 519 Å². The number of carbonyl (C=O) groups is 13. The summed E-state index contributed by atoms with van der Waals surface area (Å²) in [5.41, 5.74) is 22.2. The van der Waals surface area contributed by atoms with Crippen LogP contribution in [0.1, 0.15) is 101 Å². The molecule has 0 unspecified atom stereocenters. The van der Waals surface area contributed by atoms with E-state index in [9.17, 15) is 58.2 Å². The van der Waals surface area contributed by atoms with Gasteiger partial charge in [0.15, 0.2) is 0 Å². The van der Waals surface area contributed by atoms with E-state index in [0.29, 0.717) is 40.4 Å². The van der Waals surface area contributed by atoms with Crippen molar-refractivity contribution < 1.29 is 72.5 Å². The second-order valence-electron chi connectivity index (χ2n) is 25.2. The highest BCUT2D eigenvalue weighted by Gasteiger charge is 2.38. The molecule has 546 valence electrons. The van der Waals surface area contributed by atoms with Crippen LogP contribution in [-0.4, -0.2) is 193 Å². The van der Waals surface area contributed by atoms with Crippen molar-refractivity contribution in [2.75, 3.05) is 30.5 Å². The van der Waals surface area contributed by atoms with Crippen molar-refractivity contribution in [3.63, 3.8) is 0 Å². The van der Waals surface area contributed by atoms with Crippen LogP contribution in [-0.2, 0) is 88.0 Å². The number of thioether (sulfide) groups is 1. The lowest BCUT2D eigenvalue weighted by Crippen LogP contribution is -2.62. The SMILES string of the molecule is CC[C@H](C)[C@@H]1NC(=O)[C@H](CCSC)NC(=O)[C@H](CCCCN)NC(=O)[C@H](CC(N)=O)NC(=O)[C@H](CC(=O)O)NC(=O)[C@H](CC(C)C)NC(=O)CNn2cc(nn2)C[C@@H](C(N)=O)NC(=O)[C@H](Cc2ccc(O)cc2)NC(=O)[C@H](Cc2c[nH]c3ccccc23)NC(=O)[C@H](Cc2ccccc2)NC1=O. The van der Waals surface area contributed by atoms with Gasteiger partial charge >= 0.3 is 5.97 Å². The van der Waals surface area contributed by atoms with E-state index >= 15 is 14.4 Å². The van der Waals surface area contributed by atoms with E-state index < -0.39 is 169 Å². The van der Waals surface area contributed by atoms with Gasteiger partial charge < -0.3 is 85.6 Å². The lowest BCUT2D eigenvalue weighted by molar-refractivity contribution is -0.142. The maximum atomic E-state index is 15.2. The molecule has 101 heavy (non-hydrogen) atoms. The van der Waals surface area contributed by atoms with Gasteiger partial charge in [0.05, 0.1) is 24.7 Å².